The van der Waals surface area contributed by atoms with Gasteiger partial charge < -0.3 is 35.1 Å². The van der Waals surface area contributed by atoms with Crippen LogP contribution in [0.1, 0.15) is 98.9 Å². The molecule has 18 heteroatoms. The molecule has 3 aromatic rings. The van der Waals surface area contributed by atoms with Crippen molar-refractivity contribution in [3.63, 3.8) is 0 Å². The number of nitrogens with zero attached hydrogens (tertiary/aromatic N) is 2. The number of ether oxygens (including phenoxy) is 2. The number of carbonyl (C=O) groups excluding carboxylic acids is 4. The van der Waals surface area contributed by atoms with Crippen LogP contribution in [0, 0.1) is 17.0 Å². The monoisotopic (exact) mass is 898 g/mol. The number of nitrogens with two attached hydrogens (primary N) is 1. The molecule has 0 aliphatic rings. The van der Waals surface area contributed by atoms with Crippen molar-refractivity contribution in [1.82, 2.24) is 14.8 Å². The van der Waals surface area contributed by atoms with Gasteiger partial charge in [-0.2, -0.15) is 24.9 Å². The van der Waals surface area contributed by atoms with Gasteiger partial charge in [-0.05, 0) is 89.8 Å². The van der Waals surface area contributed by atoms with E-state index in [1.165, 1.54) is 17.8 Å². The van der Waals surface area contributed by atoms with E-state index < -0.39 is 76.7 Å². The summed E-state index contributed by atoms with van der Waals surface area (Å²) in [7, 11) is 0. The van der Waals surface area contributed by atoms with Crippen molar-refractivity contribution in [3.8, 4) is 11.1 Å². The number of thioether (sulfide) groups is 1. The fourth-order valence-corrected chi connectivity index (χ4v) is 6.88. The minimum atomic E-state index is -5.08. The van der Waals surface area contributed by atoms with Gasteiger partial charge in [-0.1, -0.05) is 51.1 Å². The summed E-state index contributed by atoms with van der Waals surface area (Å²) in [5, 5.41) is 9.74. The fourth-order valence-electron chi connectivity index (χ4n) is 6.06. The van der Waals surface area contributed by atoms with Crippen LogP contribution in [-0.4, -0.2) is 92.3 Å². The lowest BCUT2D eigenvalue weighted by atomic mass is 9.83. The summed E-state index contributed by atoms with van der Waals surface area (Å²) in [5.41, 5.74) is 6.17. The maximum atomic E-state index is 15.1. The molecular weight excluding hydrogens is 840 g/mol. The van der Waals surface area contributed by atoms with Crippen molar-refractivity contribution in [1.29, 1.82) is 0 Å². The lowest BCUT2D eigenvalue weighted by molar-refractivity contribution is -0.192. The second kappa shape index (κ2) is 22.9. The van der Waals surface area contributed by atoms with Crippen molar-refractivity contribution in [2.75, 3.05) is 24.6 Å². The van der Waals surface area contributed by atoms with Crippen molar-refractivity contribution in [2.45, 2.75) is 118 Å². The zero-order chi connectivity index (χ0) is 47.2. The molecule has 0 spiro atoms. The molecule has 0 fully saturated rings. The lowest BCUT2D eigenvalue weighted by Crippen LogP contribution is -2.46. The number of benzene rings is 2. The van der Waals surface area contributed by atoms with Gasteiger partial charge in [0.05, 0.1) is 18.2 Å². The fraction of sp³-hybridized carbons (Fsp3) is 0.523. The number of carboxylic acids is 1. The molecule has 4 N–H and O–H groups in total. The number of amides is 2. The summed E-state index contributed by atoms with van der Waals surface area (Å²) in [6, 6.07) is 13.2. The Hall–Kier alpha value is -4.97. The van der Waals surface area contributed by atoms with Crippen LogP contribution in [-0.2, 0) is 40.0 Å². The molecule has 62 heavy (non-hydrogen) atoms. The summed E-state index contributed by atoms with van der Waals surface area (Å²) in [6.07, 6.45) is -3.18. The molecule has 0 saturated carbocycles. The van der Waals surface area contributed by atoms with Crippen LogP contribution in [0.15, 0.2) is 60.8 Å². The second-order valence-electron chi connectivity index (χ2n) is 17.4. The predicted octanol–water partition coefficient (Wildman–Crippen LogP) is 8.06. The molecule has 1 aromatic heterocycles. The number of aromatic nitrogens is 1. The van der Waals surface area contributed by atoms with Gasteiger partial charge in [-0.15, -0.1) is 0 Å². The number of carboxylic acid groups (broad SMARTS) is 1. The van der Waals surface area contributed by atoms with E-state index in [2.05, 4.69) is 5.32 Å². The normalized spacial score (nSPS) is 13.0. The molecule has 0 aliphatic carbocycles. The minimum Gasteiger partial charge on any atom is -0.475 e. The summed E-state index contributed by atoms with van der Waals surface area (Å²) < 4.78 is 74.0. The molecular formula is C44H59F5N4O8S. The summed E-state index contributed by atoms with van der Waals surface area (Å²) in [6.45, 7) is 17.4. The Bertz CT molecular complexity index is 1970. The first-order valence-corrected chi connectivity index (χ1v) is 21.0. The van der Waals surface area contributed by atoms with E-state index in [9.17, 15) is 36.7 Å². The number of carbonyl (C=O) groups is 5. The Labute approximate surface area is 364 Å². The Balaban J connectivity index is 0.00000173. The molecule has 0 aliphatic heterocycles. The van der Waals surface area contributed by atoms with E-state index in [1.807, 2.05) is 61.7 Å². The van der Waals surface area contributed by atoms with Gasteiger partial charge >= 0.3 is 24.1 Å². The maximum absolute atomic E-state index is 15.1. The number of hydrogen-bond donors (Lipinski definition) is 3. The van der Waals surface area contributed by atoms with E-state index in [-0.39, 0.29) is 29.4 Å². The summed E-state index contributed by atoms with van der Waals surface area (Å²) in [5.74, 6) is -5.65. The number of hydrogen-bond acceptors (Lipinski definition) is 9. The Morgan fingerprint density at radius 2 is 1.48 bits per heavy atom. The van der Waals surface area contributed by atoms with Crippen molar-refractivity contribution in [2.24, 2.45) is 11.1 Å². The lowest BCUT2D eigenvalue weighted by Gasteiger charge is -2.41. The predicted molar refractivity (Wildman–Crippen MR) is 227 cm³/mol. The van der Waals surface area contributed by atoms with Crippen molar-refractivity contribution < 1.29 is 60.5 Å². The number of esters is 2. The molecule has 2 atom stereocenters. The highest BCUT2D eigenvalue weighted by atomic mass is 32.2. The molecule has 0 radical (unpaired) electrons. The topological polar surface area (TPSA) is 170 Å². The summed E-state index contributed by atoms with van der Waals surface area (Å²) in [4.78, 5) is 63.4. The van der Waals surface area contributed by atoms with E-state index in [0.29, 0.717) is 31.6 Å². The quantitative estimate of drug-likeness (QED) is 0.0685. The summed E-state index contributed by atoms with van der Waals surface area (Å²) >= 11 is 1.27. The molecule has 0 unspecified atom stereocenters. The van der Waals surface area contributed by atoms with Crippen LogP contribution in [0.25, 0.3) is 11.1 Å². The first-order valence-electron chi connectivity index (χ1n) is 19.8. The average molecular weight is 899 g/mol. The third-order valence-corrected chi connectivity index (χ3v) is 9.40. The van der Waals surface area contributed by atoms with Crippen LogP contribution in [0.5, 0.6) is 0 Å². The highest BCUT2D eigenvalue weighted by molar-refractivity contribution is 7.99. The molecule has 2 aromatic carbocycles. The van der Waals surface area contributed by atoms with Crippen LogP contribution >= 0.6 is 11.8 Å². The number of halogens is 5. The molecule has 2 amide bonds. The third-order valence-electron chi connectivity index (χ3n) is 8.46. The molecule has 0 bridgehead atoms. The average Bonchev–Trinajstić information content (AvgIpc) is 3.52. The number of alkyl halides is 3. The Kier molecular flexibility index (Phi) is 19.7. The van der Waals surface area contributed by atoms with Crippen LogP contribution in [0.3, 0.4) is 0 Å². The van der Waals surface area contributed by atoms with Crippen LogP contribution < -0.4 is 11.1 Å². The highest BCUT2D eigenvalue weighted by Crippen LogP contribution is 2.41. The third kappa shape index (κ3) is 18.6. The second-order valence-corrected chi connectivity index (χ2v) is 18.5. The van der Waals surface area contributed by atoms with Gasteiger partial charge in [0.25, 0.3) is 0 Å². The molecule has 1 heterocycles. The smallest absolute Gasteiger partial charge is 0.475 e. The van der Waals surface area contributed by atoms with E-state index in [1.54, 1.807) is 52.6 Å². The van der Waals surface area contributed by atoms with Gasteiger partial charge in [-0.25, -0.2) is 18.4 Å². The van der Waals surface area contributed by atoms with Gasteiger partial charge in [0.15, 0.2) is 0 Å². The standard InChI is InChI=1S/C42H58F2N4O6S.C2HF3O2/c1-40(2,3)38(34-22-29(31-23-30(43)16-17-32(31)44)26-47(34)25-28-14-11-10-12-15-28)48(20-13-19-45)36(50)27-55-21-18-35(49)46-33(39(52)54-42(7,8)9)24-37(51)53-41(4,5)6;3-2(4,5)1(6)7/h10-12,14-17,22-23,26,33,38H,13,18-21,24-25,27,45H2,1-9H3,(H,46,49);(H,6,7)/t33-,38+;/m1./s1. The van der Waals surface area contributed by atoms with Crippen LogP contribution in [0.4, 0.5) is 22.0 Å². The first kappa shape index (κ1) is 53.2. The van der Waals surface area contributed by atoms with Crippen LogP contribution in [0.2, 0.25) is 0 Å². The van der Waals surface area contributed by atoms with Gasteiger partial charge in [0.2, 0.25) is 11.8 Å². The van der Waals surface area contributed by atoms with E-state index in [4.69, 9.17) is 25.1 Å². The molecule has 3 rings (SSSR count). The van der Waals surface area contributed by atoms with Gasteiger partial charge in [-0.3, -0.25) is 14.4 Å². The Morgan fingerprint density at radius 3 is 2.02 bits per heavy atom. The zero-order valence-electron chi connectivity index (χ0n) is 36.7. The van der Waals surface area contributed by atoms with E-state index in [0.717, 1.165) is 23.4 Å². The van der Waals surface area contributed by atoms with Crippen molar-refractivity contribution in [3.05, 3.63) is 83.7 Å². The van der Waals surface area contributed by atoms with Gasteiger partial charge in [0.1, 0.15) is 28.9 Å². The number of nitrogens with one attached hydrogen (secondary N) is 1. The minimum absolute atomic E-state index is 0.0282. The number of rotatable bonds is 17. The number of aliphatic carboxylic acids is 1. The molecule has 0 saturated heterocycles. The molecule has 12 nitrogen and oxygen atoms in total. The largest absolute Gasteiger partial charge is 0.490 e. The Morgan fingerprint density at radius 1 is 0.887 bits per heavy atom. The SMILES string of the molecule is CC(C)(C)OC(=O)C[C@@H](NC(=O)CCSCC(=O)N(CCCN)[C@@H](c1cc(-c2cc(F)ccc2F)cn1Cc1ccccc1)C(C)(C)C)C(=O)OC(C)(C)C.O=C(O)C(F)(F)F. The maximum Gasteiger partial charge on any atom is 0.490 e. The van der Waals surface area contributed by atoms with Crippen molar-refractivity contribution >= 4 is 41.5 Å². The first-order chi connectivity index (χ1) is 28.5. The zero-order valence-corrected chi connectivity index (χ0v) is 37.5. The molecule has 344 valence electrons. The van der Waals surface area contributed by atoms with E-state index >= 15 is 4.39 Å². The highest BCUT2D eigenvalue weighted by Gasteiger charge is 2.39. The van der Waals surface area contributed by atoms with Gasteiger partial charge in [0, 0.05) is 48.3 Å².